The van der Waals surface area contributed by atoms with Crippen molar-refractivity contribution in [2.24, 2.45) is 16.6 Å². The first-order valence-electron chi connectivity index (χ1n) is 8.26. The first kappa shape index (κ1) is 17.3. The SMILES string of the molecule is CC(C)CCCC(C)NC(N)=NCCC1CCCCO1. The van der Waals surface area contributed by atoms with Crippen LogP contribution in [0, 0.1) is 5.92 Å². The molecule has 1 aliphatic rings. The van der Waals surface area contributed by atoms with Gasteiger partial charge in [-0.2, -0.15) is 0 Å². The van der Waals surface area contributed by atoms with Crippen LogP contribution in [0.15, 0.2) is 4.99 Å². The smallest absolute Gasteiger partial charge is 0.188 e. The summed E-state index contributed by atoms with van der Waals surface area (Å²) in [6.45, 7) is 8.38. The lowest BCUT2D eigenvalue weighted by Crippen LogP contribution is -2.38. The predicted octanol–water partition coefficient (Wildman–Crippen LogP) is 3.06. The topological polar surface area (TPSA) is 59.6 Å². The standard InChI is InChI=1S/C16H33N3O/c1-13(2)7-6-8-14(3)19-16(17)18-11-10-15-9-4-5-12-20-15/h13-15H,4-12H2,1-3H3,(H3,17,18,19). The van der Waals surface area contributed by atoms with Gasteiger partial charge >= 0.3 is 0 Å². The van der Waals surface area contributed by atoms with Crippen LogP contribution in [0.4, 0.5) is 0 Å². The number of guanidine groups is 1. The first-order valence-corrected chi connectivity index (χ1v) is 8.26. The molecule has 2 atom stereocenters. The highest BCUT2D eigenvalue weighted by molar-refractivity contribution is 5.78. The van der Waals surface area contributed by atoms with E-state index in [0.29, 0.717) is 18.1 Å². The largest absolute Gasteiger partial charge is 0.378 e. The zero-order valence-electron chi connectivity index (χ0n) is 13.5. The van der Waals surface area contributed by atoms with Crippen molar-refractivity contribution in [2.75, 3.05) is 13.2 Å². The molecule has 1 aliphatic heterocycles. The summed E-state index contributed by atoms with van der Waals surface area (Å²) in [6, 6.07) is 0.406. The Morgan fingerprint density at radius 2 is 2.10 bits per heavy atom. The summed E-state index contributed by atoms with van der Waals surface area (Å²) in [5.41, 5.74) is 5.92. The second-order valence-electron chi connectivity index (χ2n) is 6.41. The van der Waals surface area contributed by atoms with E-state index >= 15 is 0 Å². The highest BCUT2D eigenvalue weighted by Crippen LogP contribution is 2.15. The van der Waals surface area contributed by atoms with Crippen molar-refractivity contribution in [2.45, 2.75) is 77.9 Å². The van der Waals surface area contributed by atoms with E-state index in [4.69, 9.17) is 10.5 Å². The van der Waals surface area contributed by atoms with Crippen LogP contribution in [0.5, 0.6) is 0 Å². The highest BCUT2D eigenvalue weighted by atomic mass is 16.5. The van der Waals surface area contributed by atoms with Gasteiger partial charge in [0.25, 0.3) is 0 Å². The molecule has 4 heteroatoms. The van der Waals surface area contributed by atoms with Gasteiger partial charge in [-0.25, -0.2) is 0 Å². The third-order valence-electron chi connectivity index (χ3n) is 3.82. The van der Waals surface area contributed by atoms with Gasteiger partial charge in [0.2, 0.25) is 0 Å². The minimum atomic E-state index is 0.392. The van der Waals surface area contributed by atoms with E-state index in [2.05, 4.69) is 31.1 Å². The lowest BCUT2D eigenvalue weighted by Gasteiger charge is -2.21. The van der Waals surface area contributed by atoms with Gasteiger partial charge in [0, 0.05) is 19.2 Å². The van der Waals surface area contributed by atoms with Gasteiger partial charge < -0.3 is 15.8 Å². The average molecular weight is 283 g/mol. The lowest BCUT2D eigenvalue weighted by molar-refractivity contribution is 0.0129. The fourth-order valence-electron chi connectivity index (χ4n) is 2.57. The van der Waals surface area contributed by atoms with Crippen LogP contribution in [0.2, 0.25) is 0 Å². The van der Waals surface area contributed by atoms with E-state index in [-0.39, 0.29) is 0 Å². The molecule has 0 aromatic rings. The Morgan fingerprint density at radius 3 is 2.75 bits per heavy atom. The second kappa shape index (κ2) is 10.0. The van der Waals surface area contributed by atoms with E-state index in [1.54, 1.807) is 0 Å². The molecule has 118 valence electrons. The van der Waals surface area contributed by atoms with Gasteiger partial charge in [-0.15, -0.1) is 0 Å². The number of aliphatic imine (C=N–C) groups is 1. The van der Waals surface area contributed by atoms with Gasteiger partial charge in [-0.3, -0.25) is 4.99 Å². The molecular formula is C16H33N3O. The maximum atomic E-state index is 5.92. The van der Waals surface area contributed by atoms with E-state index < -0.39 is 0 Å². The van der Waals surface area contributed by atoms with Crippen molar-refractivity contribution in [3.05, 3.63) is 0 Å². The molecule has 1 rings (SSSR count). The Labute approximate surface area is 124 Å². The minimum absolute atomic E-state index is 0.392. The molecule has 2 unspecified atom stereocenters. The Morgan fingerprint density at radius 1 is 1.30 bits per heavy atom. The number of nitrogens with one attached hydrogen (secondary N) is 1. The summed E-state index contributed by atoms with van der Waals surface area (Å²) >= 11 is 0. The quantitative estimate of drug-likeness (QED) is 0.531. The van der Waals surface area contributed by atoms with Crippen molar-refractivity contribution in [3.63, 3.8) is 0 Å². The van der Waals surface area contributed by atoms with E-state index in [0.717, 1.165) is 31.9 Å². The van der Waals surface area contributed by atoms with Crippen molar-refractivity contribution < 1.29 is 4.74 Å². The van der Waals surface area contributed by atoms with Crippen LogP contribution >= 0.6 is 0 Å². The Kier molecular flexibility index (Phi) is 8.67. The van der Waals surface area contributed by atoms with Gasteiger partial charge in [0.1, 0.15) is 0 Å². The van der Waals surface area contributed by atoms with Crippen LogP contribution in [-0.2, 0) is 4.74 Å². The number of nitrogens with zero attached hydrogens (tertiary/aromatic N) is 1. The summed E-state index contributed by atoms with van der Waals surface area (Å²) in [5.74, 6) is 1.36. The van der Waals surface area contributed by atoms with Crippen LogP contribution < -0.4 is 11.1 Å². The van der Waals surface area contributed by atoms with Gasteiger partial charge in [0.15, 0.2) is 5.96 Å². The molecule has 0 aliphatic carbocycles. The third-order valence-corrected chi connectivity index (χ3v) is 3.82. The van der Waals surface area contributed by atoms with Crippen LogP contribution in [0.25, 0.3) is 0 Å². The molecule has 0 radical (unpaired) electrons. The number of rotatable bonds is 8. The second-order valence-corrected chi connectivity index (χ2v) is 6.41. The number of ether oxygens (including phenoxy) is 1. The zero-order chi connectivity index (χ0) is 14.8. The van der Waals surface area contributed by atoms with E-state index in [1.807, 2.05) is 0 Å². The summed E-state index contributed by atoms with van der Waals surface area (Å²) in [6.07, 6.45) is 8.73. The molecule has 0 bridgehead atoms. The Bertz CT molecular complexity index is 273. The fraction of sp³-hybridized carbons (Fsp3) is 0.938. The van der Waals surface area contributed by atoms with Crippen LogP contribution in [0.3, 0.4) is 0 Å². The summed E-state index contributed by atoms with van der Waals surface area (Å²) in [5, 5.41) is 3.28. The van der Waals surface area contributed by atoms with Gasteiger partial charge in [-0.05, 0) is 44.9 Å². The normalized spacial score (nSPS) is 22.0. The van der Waals surface area contributed by atoms with Crippen molar-refractivity contribution >= 4 is 5.96 Å². The molecule has 0 spiro atoms. The Balaban J connectivity index is 2.10. The number of hydrogen-bond donors (Lipinski definition) is 2. The van der Waals surface area contributed by atoms with Crippen LogP contribution in [-0.4, -0.2) is 31.3 Å². The Hall–Kier alpha value is -0.770. The fourth-order valence-corrected chi connectivity index (χ4v) is 2.57. The number of nitrogens with two attached hydrogens (primary N) is 1. The summed E-state index contributed by atoms with van der Waals surface area (Å²) in [7, 11) is 0. The maximum absolute atomic E-state index is 5.92. The molecule has 1 fully saturated rings. The molecule has 3 N–H and O–H groups in total. The molecule has 0 amide bonds. The third kappa shape index (κ3) is 8.41. The predicted molar refractivity (Wildman–Crippen MR) is 86.0 cm³/mol. The monoisotopic (exact) mass is 283 g/mol. The molecular weight excluding hydrogens is 250 g/mol. The van der Waals surface area contributed by atoms with Crippen molar-refractivity contribution in [1.29, 1.82) is 0 Å². The lowest BCUT2D eigenvalue weighted by atomic mass is 10.0. The first-order chi connectivity index (χ1) is 9.58. The summed E-state index contributed by atoms with van der Waals surface area (Å²) in [4.78, 5) is 4.40. The highest BCUT2D eigenvalue weighted by Gasteiger charge is 2.12. The van der Waals surface area contributed by atoms with E-state index in [1.165, 1.54) is 32.1 Å². The van der Waals surface area contributed by atoms with Gasteiger partial charge in [-0.1, -0.05) is 26.7 Å². The molecule has 0 aromatic carbocycles. The average Bonchev–Trinajstić information content (AvgIpc) is 2.39. The van der Waals surface area contributed by atoms with Gasteiger partial charge in [0.05, 0.1) is 6.10 Å². The molecule has 0 aromatic heterocycles. The van der Waals surface area contributed by atoms with Crippen molar-refractivity contribution in [1.82, 2.24) is 5.32 Å². The maximum Gasteiger partial charge on any atom is 0.188 e. The summed E-state index contributed by atoms with van der Waals surface area (Å²) < 4.78 is 5.69. The minimum Gasteiger partial charge on any atom is -0.378 e. The number of hydrogen-bond acceptors (Lipinski definition) is 2. The molecule has 1 heterocycles. The zero-order valence-corrected chi connectivity index (χ0v) is 13.5. The molecule has 1 saturated heterocycles. The molecule has 20 heavy (non-hydrogen) atoms. The molecule has 4 nitrogen and oxygen atoms in total. The van der Waals surface area contributed by atoms with Crippen LogP contribution in [0.1, 0.15) is 65.7 Å². The molecule has 0 saturated carbocycles. The van der Waals surface area contributed by atoms with Crippen molar-refractivity contribution in [3.8, 4) is 0 Å². The van der Waals surface area contributed by atoms with E-state index in [9.17, 15) is 0 Å².